The van der Waals surface area contributed by atoms with Gasteiger partial charge in [-0.05, 0) is 26.2 Å². The molecule has 0 aliphatic carbocycles. The molecule has 0 spiro atoms. The maximum absolute atomic E-state index is 4.83. The molecular formula is C8H20N2O. The molecule has 0 aromatic carbocycles. The molecule has 3 nitrogen and oxygen atoms in total. The van der Waals surface area contributed by atoms with Crippen LogP contribution in [0.4, 0.5) is 0 Å². The van der Waals surface area contributed by atoms with Crippen LogP contribution in [0.2, 0.25) is 0 Å². The highest BCUT2D eigenvalue weighted by atomic mass is 16.5. The van der Waals surface area contributed by atoms with Crippen LogP contribution in [0.1, 0.15) is 13.8 Å². The standard InChI is InChI=1S/C4H10O.2C2H5N/c1-3-5-4-2;2*1-2-3/h3-4H2,1-2H3;2*2H,1,3H2. The average Bonchev–Trinajstić information content (AvgIpc) is 1.92. The van der Waals surface area contributed by atoms with Crippen molar-refractivity contribution >= 4 is 0 Å². The molecule has 0 saturated heterocycles. The van der Waals surface area contributed by atoms with Gasteiger partial charge in [0.2, 0.25) is 0 Å². The lowest BCUT2D eigenvalue weighted by Crippen LogP contribution is -1.84. The highest BCUT2D eigenvalue weighted by molar-refractivity contribution is 4.48. The van der Waals surface area contributed by atoms with Crippen molar-refractivity contribution in [3.05, 3.63) is 25.6 Å². The molecule has 0 rings (SSSR count). The van der Waals surface area contributed by atoms with E-state index >= 15 is 0 Å². The van der Waals surface area contributed by atoms with Crippen LogP contribution in [-0.2, 0) is 4.74 Å². The summed E-state index contributed by atoms with van der Waals surface area (Å²) in [5.41, 5.74) is 9.22. The lowest BCUT2D eigenvalue weighted by Gasteiger charge is -1.86. The SMILES string of the molecule is C=CN.C=CN.CCOCC. The first kappa shape index (κ1) is 16.6. The summed E-state index contributed by atoms with van der Waals surface area (Å²) < 4.78 is 4.83. The van der Waals surface area contributed by atoms with Crippen molar-refractivity contribution in [1.29, 1.82) is 0 Å². The molecule has 0 aromatic rings. The molecule has 0 atom stereocenters. The maximum Gasteiger partial charge on any atom is 0.0437 e. The molecule has 0 unspecified atom stereocenters. The molecule has 4 N–H and O–H groups in total. The van der Waals surface area contributed by atoms with E-state index in [1.807, 2.05) is 13.8 Å². The second-order valence-corrected chi connectivity index (χ2v) is 1.25. The van der Waals surface area contributed by atoms with Gasteiger partial charge in [0.1, 0.15) is 0 Å². The van der Waals surface area contributed by atoms with E-state index in [1.165, 1.54) is 12.4 Å². The Bertz CT molecular complexity index is 57.1. The summed E-state index contributed by atoms with van der Waals surface area (Å²) in [4.78, 5) is 0. The van der Waals surface area contributed by atoms with E-state index in [2.05, 4.69) is 24.6 Å². The van der Waals surface area contributed by atoms with Gasteiger partial charge < -0.3 is 16.2 Å². The van der Waals surface area contributed by atoms with Crippen molar-refractivity contribution in [2.45, 2.75) is 13.8 Å². The van der Waals surface area contributed by atoms with Gasteiger partial charge in [0, 0.05) is 13.2 Å². The Labute approximate surface area is 69.7 Å². The molecule has 68 valence electrons. The number of ether oxygens (including phenoxy) is 1. The van der Waals surface area contributed by atoms with Crippen molar-refractivity contribution in [2.75, 3.05) is 13.2 Å². The zero-order chi connectivity index (χ0) is 9.54. The average molecular weight is 160 g/mol. The van der Waals surface area contributed by atoms with Crippen molar-refractivity contribution in [2.24, 2.45) is 11.5 Å². The quantitative estimate of drug-likeness (QED) is 0.638. The van der Waals surface area contributed by atoms with Crippen LogP contribution in [0.25, 0.3) is 0 Å². The minimum absolute atomic E-state index is 0.844. The molecule has 0 aromatic heterocycles. The van der Waals surface area contributed by atoms with Gasteiger partial charge in [-0.1, -0.05) is 13.2 Å². The number of hydrogen-bond acceptors (Lipinski definition) is 3. The number of hydrogen-bond donors (Lipinski definition) is 2. The van der Waals surface area contributed by atoms with Crippen molar-refractivity contribution in [1.82, 2.24) is 0 Å². The smallest absolute Gasteiger partial charge is 0.0437 e. The molecule has 0 fully saturated rings. The number of nitrogens with two attached hydrogens (primary N) is 2. The molecule has 0 amide bonds. The Kier molecular flexibility index (Phi) is 53.9. The Morgan fingerprint density at radius 3 is 1.27 bits per heavy atom. The highest BCUT2D eigenvalue weighted by Crippen LogP contribution is 1.64. The molecule has 0 radical (unpaired) electrons. The predicted octanol–water partition coefficient (Wildman–Crippen LogP) is 1.22. The van der Waals surface area contributed by atoms with Gasteiger partial charge in [0.25, 0.3) is 0 Å². The maximum atomic E-state index is 4.83. The van der Waals surface area contributed by atoms with Crippen molar-refractivity contribution < 1.29 is 4.74 Å². The third kappa shape index (κ3) is 414. The summed E-state index contributed by atoms with van der Waals surface area (Å²) in [6.07, 6.45) is 2.50. The Morgan fingerprint density at radius 2 is 1.27 bits per heavy atom. The third-order valence-corrected chi connectivity index (χ3v) is 0.408. The first-order valence-corrected chi connectivity index (χ1v) is 3.47. The second kappa shape index (κ2) is 35.8. The first-order chi connectivity index (χ1) is 5.24. The monoisotopic (exact) mass is 160 g/mol. The summed E-state index contributed by atoms with van der Waals surface area (Å²) in [5, 5.41) is 0. The number of rotatable bonds is 2. The Hall–Kier alpha value is -0.960. The summed E-state index contributed by atoms with van der Waals surface area (Å²) in [7, 11) is 0. The first-order valence-electron chi connectivity index (χ1n) is 3.47. The van der Waals surface area contributed by atoms with E-state index in [9.17, 15) is 0 Å². The molecular weight excluding hydrogens is 140 g/mol. The fourth-order valence-corrected chi connectivity index (χ4v) is 0.204. The van der Waals surface area contributed by atoms with E-state index in [0.717, 1.165) is 13.2 Å². The normalized spacial score (nSPS) is 6.00. The van der Waals surface area contributed by atoms with Gasteiger partial charge >= 0.3 is 0 Å². The van der Waals surface area contributed by atoms with Gasteiger partial charge in [-0.3, -0.25) is 0 Å². The molecule has 0 aliphatic rings. The fourth-order valence-electron chi connectivity index (χ4n) is 0.204. The molecule has 0 bridgehead atoms. The van der Waals surface area contributed by atoms with Crippen LogP contribution < -0.4 is 11.5 Å². The summed E-state index contributed by atoms with van der Waals surface area (Å²) in [6, 6.07) is 0. The summed E-state index contributed by atoms with van der Waals surface area (Å²) in [6.45, 7) is 11.9. The molecule has 11 heavy (non-hydrogen) atoms. The molecule has 0 aliphatic heterocycles. The van der Waals surface area contributed by atoms with Gasteiger partial charge in [-0.15, -0.1) is 0 Å². The van der Waals surface area contributed by atoms with Crippen LogP contribution in [0.3, 0.4) is 0 Å². The fraction of sp³-hybridized carbons (Fsp3) is 0.500. The molecule has 3 heteroatoms. The van der Waals surface area contributed by atoms with E-state index < -0.39 is 0 Å². The third-order valence-electron chi connectivity index (χ3n) is 0.408. The van der Waals surface area contributed by atoms with Gasteiger partial charge in [-0.25, -0.2) is 0 Å². The minimum Gasteiger partial charge on any atom is -0.405 e. The van der Waals surface area contributed by atoms with E-state index in [1.54, 1.807) is 0 Å². The van der Waals surface area contributed by atoms with Crippen LogP contribution in [0.5, 0.6) is 0 Å². The van der Waals surface area contributed by atoms with E-state index in [-0.39, 0.29) is 0 Å². The Balaban J connectivity index is -0.0000000933. The largest absolute Gasteiger partial charge is 0.405 e. The van der Waals surface area contributed by atoms with Crippen molar-refractivity contribution in [3.8, 4) is 0 Å². The van der Waals surface area contributed by atoms with Gasteiger partial charge in [0.05, 0.1) is 0 Å². The highest BCUT2D eigenvalue weighted by Gasteiger charge is 1.64. The van der Waals surface area contributed by atoms with E-state index in [4.69, 9.17) is 4.74 Å². The molecule has 0 heterocycles. The zero-order valence-corrected chi connectivity index (χ0v) is 7.55. The summed E-state index contributed by atoms with van der Waals surface area (Å²) in [5.74, 6) is 0. The topological polar surface area (TPSA) is 61.3 Å². The van der Waals surface area contributed by atoms with Gasteiger partial charge in [0.15, 0.2) is 0 Å². The second-order valence-electron chi connectivity index (χ2n) is 1.25. The van der Waals surface area contributed by atoms with Gasteiger partial charge in [-0.2, -0.15) is 0 Å². The van der Waals surface area contributed by atoms with Crippen LogP contribution in [0, 0.1) is 0 Å². The lowest BCUT2D eigenvalue weighted by atomic mass is 10.8. The minimum atomic E-state index is 0.844. The van der Waals surface area contributed by atoms with Crippen LogP contribution in [-0.4, -0.2) is 13.2 Å². The predicted molar refractivity (Wildman–Crippen MR) is 50.9 cm³/mol. The lowest BCUT2D eigenvalue weighted by molar-refractivity contribution is 0.162. The van der Waals surface area contributed by atoms with Crippen molar-refractivity contribution in [3.63, 3.8) is 0 Å². The van der Waals surface area contributed by atoms with E-state index in [0.29, 0.717) is 0 Å². The molecule has 0 saturated carbocycles. The van der Waals surface area contributed by atoms with Crippen LogP contribution in [0.15, 0.2) is 25.6 Å². The Morgan fingerprint density at radius 1 is 1.09 bits per heavy atom. The van der Waals surface area contributed by atoms with Crippen LogP contribution >= 0.6 is 0 Å². The zero-order valence-electron chi connectivity index (χ0n) is 7.55. The summed E-state index contributed by atoms with van der Waals surface area (Å²) >= 11 is 0.